The van der Waals surface area contributed by atoms with Crippen molar-refractivity contribution < 1.29 is 17.9 Å². The van der Waals surface area contributed by atoms with Crippen LogP contribution in [-0.2, 0) is 21.1 Å². The van der Waals surface area contributed by atoms with Crippen molar-refractivity contribution in [1.82, 2.24) is 10.3 Å². The lowest BCUT2D eigenvalue weighted by Crippen LogP contribution is -2.19. The van der Waals surface area contributed by atoms with Crippen LogP contribution in [0.4, 0.5) is 0 Å². The van der Waals surface area contributed by atoms with Gasteiger partial charge >= 0.3 is 0 Å². The molecule has 6 nitrogen and oxygen atoms in total. The third-order valence-electron chi connectivity index (χ3n) is 2.69. The van der Waals surface area contributed by atoms with E-state index < -0.39 is 9.84 Å². The molecule has 0 saturated carbocycles. The minimum Gasteiger partial charge on any atom is -0.491 e. The Hall–Kier alpha value is -1.18. The highest BCUT2D eigenvalue weighted by atomic mass is 32.2. The maximum atomic E-state index is 11.3. The monoisotopic (exact) mass is 302 g/mol. The highest BCUT2D eigenvalue weighted by Crippen LogP contribution is 2.09. The van der Waals surface area contributed by atoms with Crippen molar-refractivity contribution in [1.29, 1.82) is 0 Å². The summed E-state index contributed by atoms with van der Waals surface area (Å²) in [6.07, 6.45) is 1.60. The van der Waals surface area contributed by atoms with Gasteiger partial charge in [-0.3, -0.25) is 4.98 Å². The van der Waals surface area contributed by atoms with Crippen LogP contribution in [0.2, 0.25) is 0 Å². The topological polar surface area (TPSA) is 77.5 Å². The van der Waals surface area contributed by atoms with Gasteiger partial charge in [-0.05, 0) is 12.1 Å². The Morgan fingerprint density at radius 3 is 2.70 bits per heavy atom. The molecule has 0 unspecified atom stereocenters. The first-order valence-corrected chi connectivity index (χ1v) is 8.37. The van der Waals surface area contributed by atoms with Crippen LogP contribution in [0.15, 0.2) is 18.3 Å². The molecule has 0 spiro atoms. The lowest BCUT2D eigenvalue weighted by Gasteiger charge is -2.07. The maximum Gasteiger partial charge on any atom is 0.153 e. The molecule has 114 valence electrons. The maximum absolute atomic E-state index is 11.3. The fourth-order valence-electron chi connectivity index (χ4n) is 1.42. The second-order valence-corrected chi connectivity index (χ2v) is 6.71. The third-order valence-corrected chi connectivity index (χ3v) is 4.36. The van der Waals surface area contributed by atoms with Gasteiger partial charge in [-0.2, -0.15) is 0 Å². The summed E-state index contributed by atoms with van der Waals surface area (Å²) in [5, 5.41) is 3.19. The molecule has 0 amide bonds. The molecule has 1 rings (SSSR count). The zero-order chi connectivity index (χ0) is 14.8. The molecule has 0 aliphatic rings. The zero-order valence-corrected chi connectivity index (χ0v) is 12.8. The van der Waals surface area contributed by atoms with Crippen LogP contribution in [0.3, 0.4) is 0 Å². The fraction of sp³-hybridized carbons (Fsp3) is 0.615. The van der Waals surface area contributed by atoms with E-state index in [0.717, 1.165) is 12.2 Å². The summed E-state index contributed by atoms with van der Waals surface area (Å²) in [5.74, 6) is 0.752. The number of hydrogen-bond donors (Lipinski definition) is 1. The van der Waals surface area contributed by atoms with Gasteiger partial charge < -0.3 is 14.8 Å². The van der Waals surface area contributed by atoms with Gasteiger partial charge in [0.15, 0.2) is 9.84 Å². The molecule has 20 heavy (non-hydrogen) atoms. The summed E-state index contributed by atoms with van der Waals surface area (Å²) < 4.78 is 32.9. The lowest BCUT2D eigenvalue weighted by atomic mass is 10.3. The van der Waals surface area contributed by atoms with Crippen LogP contribution in [0.1, 0.15) is 12.6 Å². The third kappa shape index (κ3) is 6.83. The van der Waals surface area contributed by atoms with Gasteiger partial charge in [0.25, 0.3) is 0 Å². The second-order valence-electron chi connectivity index (χ2n) is 4.24. The molecule has 0 radical (unpaired) electrons. The molecule has 0 aromatic carbocycles. The highest BCUT2D eigenvalue weighted by molar-refractivity contribution is 7.91. The second kappa shape index (κ2) is 8.89. The first-order valence-electron chi connectivity index (χ1n) is 6.55. The van der Waals surface area contributed by atoms with Gasteiger partial charge in [0.05, 0.1) is 24.3 Å². The Balaban J connectivity index is 2.31. The van der Waals surface area contributed by atoms with E-state index in [4.69, 9.17) is 9.47 Å². The van der Waals surface area contributed by atoms with E-state index in [-0.39, 0.29) is 18.1 Å². The molecule has 0 aliphatic heterocycles. The normalized spacial score (nSPS) is 11.5. The van der Waals surface area contributed by atoms with E-state index in [2.05, 4.69) is 10.3 Å². The van der Waals surface area contributed by atoms with Crippen molar-refractivity contribution in [3.05, 3.63) is 24.0 Å². The number of nitrogens with one attached hydrogen (secondary N) is 1. The van der Waals surface area contributed by atoms with Crippen molar-refractivity contribution in [2.75, 3.05) is 38.4 Å². The van der Waals surface area contributed by atoms with Gasteiger partial charge in [-0.1, -0.05) is 6.92 Å². The summed E-state index contributed by atoms with van der Waals surface area (Å²) in [6, 6.07) is 3.64. The van der Waals surface area contributed by atoms with Crippen molar-refractivity contribution in [3.8, 4) is 5.75 Å². The smallest absolute Gasteiger partial charge is 0.153 e. The van der Waals surface area contributed by atoms with Crippen molar-refractivity contribution >= 4 is 9.84 Å². The summed E-state index contributed by atoms with van der Waals surface area (Å²) in [7, 11) is -1.33. The number of hydrogen-bond acceptors (Lipinski definition) is 6. The van der Waals surface area contributed by atoms with Crippen LogP contribution in [-0.4, -0.2) is 51.8 Å². The van der Waals surface area contributed by atoms with E-state index in [1.165, 1.54) is 0 Å². The number of nitrogens with zero attached hydrogens (tertiary/aromatic N) is 1. The predicted octanol–water partition coefficient (Wildman–Crippen LogP) is 0.631. The zero-order valence-electron chi connectivity index (χ0n) is 12.0. The quantitative estimate of drug-likeness (QED) is 0.639. The van der Waals surface area contributed by atoms with Crippen LogP contribution in [0, 0.1) is 0 Å². The van der Waals surface area contributed by atoms with Crippen molar-refractivity contribution in [2.45, 2.75) is 13.5 Å². The Labute approximate surface area is 120 Å². The molecule has 1 aromatic rings. The standard InChI is InChI=1S/C13H22N2O4S/c1-3-20(16,17)9-8-19-13-5-4-12(15-11-13)10-14-6-7-18-2/h4-5,11,14H,3,6-10H2,1-2H3. The summed E-state index contributed by atoms with van der Waals surface area (Å²) in [6.45, 7) is 3.87. The largest absolute Gasteiger partial charge is 0.491 e. The SMILES string of the molecule is CCS(=O)(=O)CCOc1ccc(CNCCOC)nc1. The molecule has 1 N–H and O–H groups in total. The van der Waals surface area contributed by atoms with Crippen LogP contribution in [0.25, 0.3) is 0 Å². The molecule has 1 heterocycles. The molecule has 0 aliphatic carbocycles. The van der Waals surface area contributed by atoms with Crippen molar-refractivity contribution in [2.24, 2.45) is 0 Å². The van der Waals surface area contributed by atoms with Gasteiger partial charge in [0, 0.05) is 26.0 Å². The van der Waals surface area contributed by atoms with E-state index in [1.807, 2.05) is 6.07 Å². The molecular formula is C13H22N2O4S. The van der Waals surface area contributed by atoms with E-state index >= 15 is 0 Å². The number of pyridine rings is 1. The molecular weight excluding hydrogens is 280 g/mol. The number of ether oxygens (including phenoxy) is 2. The van der Waals surface area contributed by atoms with Gasteiger partial charge in [0.2, 0.25) is 0 Å². The molecule has 1 aromatic heterocycles. The Bertz CT molecular complexity index is 474. The minimum absolute atomic E-state index is 0.0316. The number of methoxy groups -OCH3 is 1. The summed E-state index contributed by atoms with van der Waals surface area (Å²) in [4.78, 5) is 4.23. The number of rotatable bonds is 10. The Morgan fingerprint density at radius 1 is 1.30 bits per heavy atom. The first kappa shape index (κ1) is 16.9. The van der Waals surface area contributed by atoms with Crippen molar-refractivity contribution in [3.63, 3.8) is 0 Å². The van der Waals surface area contributed by atoms with Gasteiger partial charge in [0.1, 0.15) is 12.4 Å². The summed E-state index contributed by atoms with van der Waals surface area (Å²) in [5.41, 5.74) is 0.898. The highest BCUT2D eigenvalue weighted by Gasteiger charge is 2.07. The Kier molecular flexibility index (Phi) is 7.50. The van der Waals surface area contributed by atoms with Crippen LogP contribution in [0.5, 0.6) is 5.75 Å². The van der Waals surface area contributed by atoms with E-state index in [9.17, 15) is 8.42 Å². The fourth-order valence-corrected chi connectivity index (χ4v) is 2.05. The Morgan fingerprint density at radius 2 is 2.10 bits per heavy atom. The van der Waals surface area contributed by atoms with Gasteiger partial charge in [-0.15, -0.1) is 0 Å². The van der Waals surface area contributed by atoms with Crippen LogP contribution >= 0.6 is 0 Å². The minimum atomic E-state index is -2.98. The lowest BCUT2D eigenvalue weighted by molar-refractivity contribution is 0.199. The van der Waals surface area contributed by atoms with Crippen LogP contribution < -0.4 is 10.1 Å². The molecule has 0 bridgehead atoms. The molecule has 0 saturated heterocycles. The molecule has 0 fully saturated rings. The number of sulfone groups is 1. The summed E-state index contributed by atoms with van der Waals surface area (Å²) >= 11 is 0. The molecule has 7 heteroatoms. The predicted molar refractivity (Wildman–Crippen MR) is 77.6 cm³/mol. The first-order chi connectivity index (χ1) is 9.57. The average Bonchev–Trinajstić information content (AvgIpc) is 2.45. The average molecular weight is 302 g/mol. The van der Waals surface area contributed by atoms with E-state index in [0.29, 0.717) is 18.9 Å². The van der Waals surface area contributed by atoms with E-state index in [1.54, 1.807) is 26.3 Å². The molecule has 0 atom stereocenters. The van der Waals surface area contributed by atoms with Gasteiger partial charge in [-0.25, -0.2) is 8.42 Å². The number of aromatic nitrogens is 1.